The molecule has 1 saturated heterocycles. The van der Waals surface area contributed by atoms with Crippen molar-refractivity contribution in [2.75, 3.05) is 33.4 Å². The van der Waals surface area contributed by atoms with Crippen molar-refractivity contribution in [3.63, 3.8) is 0 Å². The van der Waals surface area contributed by atoms with Crippen LogP contribution >= 0.6 is 0 Å². The van der Waals surface area contributed by atoms with E-state index in [-0.39, 0.29) is 17.9 Å². The average Bonchev–Trinajstić information content (AvgIpc) is 2.52. The summed E-state index contributed by atoms with van der Waals surface area (Å²) in [6.45, 7) is 5.87. The number of aryl methyl sites for hydroxylation is 2. The van der Waals surface area contributed by atoms with Crippen LogP contribution in [-0.2, 0) is 4.74 Å². The molecular formula is C17H26N2O3. The van der Waals surface area contributed by atoms with Gasteiger partial charge in [0.05, 0.1) is 12.2 Å². The molecule has 2 heterocycles. The van der Waals surface area contributed by atoms with E-state index in [1.54, 1.807) is 13.3 Å². The molecule has 1 atom stereocenters. The monoisotopic (exact) mass is 306 g/mol. The minimum absolute atomic E-state index is 0.0138. The number of methoxy groups -OCH3 is 1. The molecule has 5 nitrogen and oxygen atoms in total. The molecule has 1 amide bonds. The molecule has 0 radical (unpaired) electrons. The fourth-order valence-corrected chi connectivity index (χ4v) is 3.20. The van der Waals surface area contributed by atoms with E-state index in [4.69, 9.17) is 4.74 Å². The van der Waals surface area contributed by atoms with E-state index >= 15 is 0 Å². The summed E-state index contributed by atoms with van der Waals surface area (Å²) in [5.74, 6) is 0.0138. The van der Waals surface area contributed by atoms with Crippen molar-refractivity contribution in [2.45, 2.75) is 33.1 Å². The predicted octanol–water partition coefficient (Wildman–Crippen LogP) is 1.95. The van der Waals surface area contributed by atoms with Gasteiger partial charge in [0.15, 0.2) is 0 Å². The Hall–Kier alpha value is -1.46. The highest BCUT2D eigenvalue weighted by Crippen LogP contribution is 2.33. The van der Waals surface area contributed by atoms with Gasteiger partial charge in [-0.05, 0) is 44.7 Å². The lowest BCUT2D eigenvalue weighted by atomic mass is 9.78. The van der Waals surface area contributed by atoms with Gasteiger partial charge in [-0.3, -0.25) is 9.78 Å². The average molecular weight is 306 g/mol. The molecule has 0 bridgehead atoms. The second-order valence-corrected chi connectivity index (χ2v) is 6.37. The Bertz CT molecular complexity index is 533. The minimum Gasteiger partial charge on any atom is -0.396 e. The number of amides is 1. The van der Waals surface area contributed by atoms with Gasteiger partial charge in [-0.15, -0.1) is 0 Å². The first-order valence-corrected chi connectivity index (χ1v) is 7.84. The first kappa shape index (κ1) is 16.9. The van der Waals surface area contributed by atoms with Crippen LogP contribution in [0.4, 0.5) is 0 Å². The second-order valence-electron chi connectivity index (χ2n) is 6.37. The molecule has 1 fully saturated rings. The molecular weight excluding hydrogens is 280 g/mol. The molecule has 0 saturated carbocycles. The van der Waals surface area contributed by atoms with Gasteiger partial charge in [-0.1, -0.05) is 0 Å². The summed E-state index contributed by atoms with van der Waals surface area (Å²) in [5, 5.41) is 9.82. The highest BCUT2D eigenvalue weighted by molar-refractivity contribution is 5.95. The number of aliphatic hydroxyl groups excluding tert-OH is 1. The zero-order chi connectivity index (χ0) is 16.2. The molecule has 0 aromatic carbocycles. The van der Waals surface area contributed by atoms with Crippen LogP contribution in [-0.4, -0.2) is 54.3 Å². The third-order valence-electron chi connectivity index (χ3n) is 4.60. The Morgan fingerprint density at radius 3 is 2.91 bits per heavy atom. The Kier molecular flexibility index (Phi) is 5.53. The van der Waals surface area contributed by atoms with Gasteiger partial charge in [-0.25, -0.2) is 0 Å². The number of aliphatic hydroxyl groups is 1. The summed E-state index contributed by atoms with van der Waals surface area (Å²) >= 11 is 0. The van der Waals surface area contributed by atoms with Crippen LogP contribution in [0.1, 0.15) is 40.9 Å². The van der Waals surface area contributed by atoms with Crippen LogP contribution in [0.25, 0.3) is 0 Å². The van der Waals surface area contributed by atoms with E-state index in [2.05, 4.69) is 4.98 Å². The lowest BCUT2D eigenvalue weighted by molar-refractivity contribution is 0.00893. The molecule has 0 aliphatic carbocycles. The fourth-order valence-electron chi connectivity index (χ4n) is 3.20. The van der Waals surface area contributed by atoms with Crippen LogP contribution in [0.15, 0.2) is 12.3 Å². The third kappa shape index (κ3) is 3.65. The number of hydrogen-bond donors (Lipinski definition) is 1. The molecule has 1 aliphatic heterocycles. The van der Waals surface area contributed by atoms with Crippen LogP contribution in [0.3, 0.4) is 0 Å². The normalized spacial score (nSPS) is 21.9. The minimum atomic E-state index is -0.240. The highest BCUT2D eigenvalue weighted by atomic mass is 16.5. The van der Waals surface area contributed by atoms with Gasteiger partial charge >= 0.3 is 0 Å². The molecule has 1 N–H and O–H groups in total. The summed E-state index contributed by atoms with van der Waals surface area (Å²) in [6.07, 6.45) is 4.28. The number of piperidine rings is 1. The smallest absolute Gasteiger partial charge is 0.255 e. The van der Waals surface area contributed by atoms with Crippen molar-refractivity contribution >= 4 is 5.91 Å². The fraction of sp³-hybridized carbons (Fsp3) is 0.647. The number of pyridine rings is 1. The first-order valence-electron chi connectivity index (χ1n) is 7.84. The number of likely N-dealkylation sites (tertiary alicyclic amines) is 1. The number of carbonyl (C=O) groups is 1. The van der Waals surface area contributed by atoms with E-state index in [0.29, 0.717) is 18.7 Å². The summed E-state index contributed by atoms with van der Waals surface area (Å²) in [5.41, 5.74) is 2.29. The van der Waals surface area contributed by atoms with E-state index < -0.39 is 0 Å². The molecule has 2 rings (SSSR count). The molecule has 122 valence electrons. The maximum absolute atomic E-state index is 12.8. The van der Waals surface area contributed by atoms with E-state index in [9.17, 15) is 9.90 Å². The third-order valence-corrected chi connectivity index (χ3v) is 4.60. The first-order chi connectivity index (χ1) is 10.5. The van der Waals surface area contributed by atoms with Crippen LogP contribution in [0.2, 0.25) is 0 Å². The van der Waals surface area contributed by atoms with Crippen molar-refractivity contribution in [2.24, 2.45) is 5.41 Å². The molecule has 5 heteroatoms. The van der Waals surface area contributed by atoms with E-state index in [1.165, 1.54) is 0 Å². The van der Waals surface area contributed by atoms with Crippen molar-refractivity contribution in [1.29, 1.82) is 0 Å². The van der Waals surface area contributed by atoms with Gasteiger partial charge in [0.2, 0.25) is 0 Å². The summed E-state index contributed by atoms with van der Waals surface area (Å²) < 4.78 is 5.16. The Labute approximate surface area is 132 Å². The molecule has 22 heavy (non-hydrogen) atoms. The zero-order valence-corrected chi connectivity index (χ0v) is 13.8. The highest BCUT2D eigenvalue weighted by Gasteiger charge is 2.36. The number of carbonyl (C=O) groups excluding carboxylic acids is 1. The predicted molar refractivity (Wildman–Crippen MR) is 84.9 cm³/mol. The van der Waals surface area contributed by atoms with E-state index in [1.807, 2.05) is 24.8 Å². The largest absolute Gasteiger partial charge is 0.396 e. The van der Waals surface area contributed by atoms with Gasteiger partial charge in [0.25, 0.3) is 5.91 Å². The zero-order valence-electron chi connectivity index (χ0n) is 13.8. The van der Waals surface area contributed by atoms with Crippen LogP contribution < -0.4 is 0 Å². The number of rotatable bonds is 5. The molecule has 1 aliphatic rings. The van der Waals surface area contributed by atoms with Crippen molar-refractivity contribution in [3.05, 3.63) is 29.1 Å². The summed E-state index contributed by atoms with van der Waals surface area (Å²) in [7, 11) is 1.66. The van der Waals surface area contributed by atoms with Crippen molar-refractivity contribution < 1.29 is 14.6 Å². The maximum atomic E-state index is 12.8. The standard InChI is InChI=1S/C17H26N2O3/c1-13-9-14(2)18-10-15(13)16(21)19-7-4-5-17(11-19,12-20)6-8-22-3/h9-10,20H,4-8,11-12H2,1-3H3. The van der Waals surface area contributed by atoms with Crippen LogP contribution in [0, 0.1) is 19.3 Å². The topological polar surface area (TPSA) is 62.7 Å². The number of ether oxygens (including phenoxy) is 1. The van der Waals surface area contributed by atoms with E-state index in [0.717, 1.165) is 37.1 Å². The number of nitrogens with zero attached hydrogens (tertiary/aromatic N) is 2. The second kappa shape index (κ2) is 7.20. The van der Waals surface area contributed by atoms with Gasteiger partial charge < -0.3 is 14.7 Å². The van der Waals surface area contributed by atoms with Gasteiger partial charge in [0, 0.05) is 44.1 Å². The number of aromatic nitrogens is 1. The maximum Gasteiger partial charge on any atom is 0.255 e. The van der Waals surface area contributed by atoms with Gasteiger partial charge in [-0.2, -0.15) is 0 Å². The SMILES string of the molecule is COCCC1(CO)CCCN(C(=O)c2cnc(C)cc2C)C1. The Morgan fingerprint density at radius 2 is 2.27 bits per heavy atom. The quantitative estimate of drug-likeness (QED) is 0.903. The molecule has 1 aromatic heterocycles. The lowest BCUT2D eigenvalue weighted by Gasteiger charge is -2.42. The van der Waals surface area contributed by atoms with Gasteiger partial charge in [0.1, 0.15) is 0 Å². The molecule has 1 unspecified atom stereocenters. The Morgan fingerprint density at radius 1 is 1.50 bits per heavy atom. The van der Waals surface area contributed by atoms with Crippen molar-refractivity contribution in [3.8, 4) is 0 Å². The van der Waals surface area contributed by atoms with Crippen LogP contribution in [0.5, 0.6) is 0 Å². The van der Waals surface area contributed by atoms with Crippen molar-refractivity contribution in [1.82, 2.24) is 9.88 Å². The summed E-state index contributed by atoms with van der Waals surface area (Å²) in [6, 6.07) is 1.93. The lowest BCUT2D eigenvalue weighted by Crippen LogP contribution is -2.48. The molecule has 1 aromatic rings. The number of hydrogen-bond acceptors (Lipinski definition) is 4. The summed E-state index contributed by atoms with van der Waals surface area (Å²) in [4.78, 5) is 18.9. The molecule has 0 spiro atoms. The Balaban J connectivity index is 2.15.